The molecule has 4 rings (SSSR count). The molecule has 1 N–H and O–H groups in total. The van der Waals surface area contributed by atoms with Crippen LogP contribution < -0.4 is 15.6 Å². The van der Waals surface area contributed by atoms with Gasteiger partial charge in [0.05, 0.1) is 24.1 Å². The number of benzene rings is 1. The topological polar surface area (TPSA) is 80.9 Å². The van der Waals surface area contributed by atoms with E-state index in [0.717, 1.165) is 38.2 Å². The molecule has 1 aliphatic rings. The predicted octanol–water partition coefficient (Wildman–Crippen LogP) is 4.38. The number of halogens is 4. The van der Waals surface area contributed by atoms with Crippen molar-refractivity contribution in [3.8, 4) is 17.1 Å². The number of likely N-dealkylation sites (tertiary alicyclic amines) is 1. The molecule has 1 fully saturated rings. The molecule has 2 aromatic heterocycles. The third-order valence-corrected chi connectivity index (χ3v) is 6.27. The predicted molar refractivity (Wildman–Crippen MR) is 141 cm³/mol. The summed E-state index contributed by atoms with van der Waals surface area (Å²) in [4.78, 5) is 28.3. The summed E-state index contributed by atoms with van der Waals surface area (Å²) in [6.07, 6.45) is 1.40. The molecule has 0 saturated carbocycles. The first-order valence-electron chi connectivity index (χ1n) is 12.6. The Balaban J connectivity index is 0.00000400. The third-order valence-electron chi connectivity index (χ3n) is 6.27. The summed E-state index contributed by atoms with van der Waals surface area (Å²) in [6.45, 7) is 6.74. The largest absolute Gasteiger partial charge is 0.477 e. The van der Waals surface area contributed by atoms with Crippen molar-refractivity contribution in [3.05, 3.63) is 52.4 Å². The van der Waals surface area contributed by atoms with Gasteiger partial charge >= 0.3 is 6.18 Å². The van der Waals surface area contributed by atoms with Gasteiger partial charge in [-0.15, -0.1) is 17.5 Å². The molecule has 0 unspecified atom stereocenters. The highest BCUT2D eigenvalue weighted by molar-refractivity contribution is 5.85. The van der Waals surface area contributed by atoms with E-state index in [4.69, 9.17) is 4.74 Å². The second-order valence-corrected chi connectivity index (χ2v) is 9.62. The zero-order valence-electron chi connectivity index (χ0n) is 21.5. The van der Waals surface area contributed by atoms with Crippen LogP contribution in [0.4, 0.5) is 13.2 Å². The van der Waals surface area contributed by atoms with Crippen molar-refractivity contribution < 1.29 is 22.7 Å². The lowest BCUT2D eigenvalue weighted by molar-refractivity contribution is -0.137. The van der Waals surface area contributed by atoms with E-state index in [9.17, 15) is 22.8 Å². The Morgan fingerprint density at radius 3 is 2.58 bits per heavy atom. The number of carbonyl (C=O) groups excluding carboxylic acids is 1. The number of amides is 1. The number of hydrogen-bond acceptors (Lipinski definition) is 5. The van der Waals surface area contributed by atoms with Crippen LogP contribution in [0.1, 0.15) is 45.1 Å². The molecule has 8 nitrogen and oxygen atoms in total. The van der Waals surface area contributed by atoms with E-state index in [-0.39, 0.29) is 47.6 Å². The van der Waals surface area contributed by atoms with Gasteiger partial charge in [-0.3, -0.25) is 14.2 Å². The maximum absolute atomic E-state index is 13.4. The maximum Gasteiger partial charge on any atom is 0.416 e. The van der Waals surface area contributed by atoms with Crippen LogP contribution in [-0.4, -0.2) is 57.3 Å². The Labute approximate surface area is 225 Å². The standard InChI is InChI=1S/C26H32F3N5O3.ClH/c1-18(2)30-23(35)17-33-22(19-8-6-9-20(14-19)26(27,28)29)16-34-21(25(33)36)15-24(31-34)37-13-7-12-32-10-4-3-5-11-32;/h6,8-9,14-16,18H,3-5,7,10-13,17H2,1-2H3,(H,30,35);1H. The third kappa shape index (κ3) is 7.28. The van der Waals surface area contributed by atoms with E-state index in [1.54, 1.807) is 13.8 Å². The van der Waals surface area contributed by atoms with Crippen LogP contribution >= 0.6 is 12.4 Å². The minimum Gasteiger partial charge on any atom is -0.477 e. The first-order valence-corrected chi connectivity index (χ1v) is 12.6. The lowest BCUT2D eigenvalue weighted by Crippen LogP contribution is -2.37. The van der Waals surface area contributed by atoms with Gasteiger partial charge in [-0.1, -0.05) is 18.6 Å². The quantitative estimate of drug-likeness (QED) is 0.396. The number of rotatable bonds is 9. The number of nitrogens with zero attached hydrogens (tertiary/aromatic N) is 4. The van der Waals surface area contributed by atoms with Gasteiger partial charge in [-0.2, -0.15) is 13.2 Å². The molecule has 1 aliphatic heterocycles. The first kappa shape index (κ1) is 29.5. The summed E-state index contributed by atoms with van der Waals surface area (Å²) < 4.78 is 48.4. The molecule has 3 aromatic rings. The van der Waals surface area contributed by atoms with Crippen LogP contribution in [-0.2, 0) is 17.5 Å². The van der Waals surface area contributed by atoms with Crippen molar-refractivity contribution in [2.24, 2.45) is 0 Å². The van der Waals surface area contributed by atoms with Gasteiger partial charge in [0.1, 0.15) is 12.1 Å². The zero-order chi connectivity index (χ0) is 26.6. The van der Waals surface area contributed by atoms with Gasteiger partial charge in [0.2, 0.25) is 11.8 Å². The van der Waals surface area contributed by atoms with Gasteiger partial charge < -0.3 is 15.0 Å². The molecule has 38 heavy (non-hydrogen) atoms. The summed E-state index contributed by atoms with van der Waals surface area (Å²) in [5.74, 6) is -0.182. The number of carbonyl (C=O) groups is 1. The monoisotopic (exact) mass is 555 g/mol. The molecule has 1 amide bonds. The lowest BCUT2D eigenvalue weighted by Gasteiger charge is -2.26. The Morgan fingerprint density at radius 2 is 1.89 bits per heavy atom. The molecule has 0 radical (unpaired) electrons. The Hall–Kier alpha value is -3.05. The van der Waals surface area contributed by atoms with E-state index >= 15 is 0 Å². The zero-order valence-corrected chi connectivity index (χ0v) is 22.3. The number of ether oxygens (including phenoxy) is 1. The average molecular weight is 556 g/mol. The van der Waals surface area contributed by atoms with E-state index < -0.39 is 23.2 Å². The second kappa shape index (κ2) is 12.7. The van der Waals surface area contributed by atoms with E-state index in [1.807, 2.05) is 0 Å². The number of nitrogens with one attached hydrogen (secondary N) is 1. The van der Waals surface area contributed by atoms with E-state index in [0.29, 0.717) is 6.61 Å². The van der Waals surface area contributed by atoms with Crippen molar-refractivity contribution in [3.63, 3.8) is 0 Å². The highest BCUT2D eigenvalue weighted by Gasteiger charge is 2.31. The number of alkyl halides is 3. The van der Waals surface area contributed by atoms with E-state index in [1.165, 1.54) is 52.7 Å². The van der Waals surface area contributed by atoms with Crippen molar-refractivity contribution in [2.45, 2.75) is 58.3 Å². The molecule has 0 spiro atoms. The van der Waals surface area contributed by atoms with Crippen LogP contribution in [0.25, 0.3) is 16.8 Å². The summed E-state index contributed by atoms with van der Waals surface area (Å²) in [5.41, 5.74) is -0.953. The van der Waals surface area contributed by atoms with Gasteiger partial charge in [0, 0.05) is 24.2 Å². The van der Waals surface area contributed by atoms with Gasteiger partial charge in [-0.05, 0) is 58.3 Å². The number of hydrogen-bond donors (Lipinski definition) is 1. The summed E-state index contributed by atoms with van der Waals surface area (Å²) >= 11 is 0. The Kier molecular flexibility index (Phi) is 9.83. The lowest BCUT2D eigenvalue weighted by atomic mass is 10.1. The smallest absolute Gasteiger partial charge is 0.416 e. The highest BCUT2D eigenvalue weighted by Crippen LogP contribution is 2.32. The fourth-order valence-electron chi connectivity index (χ4n) is 4.54. The number of aromatic nitrogens is 3. The van der Waals surface area contributed by atoms with Gasteiger partial charge in [0.25, 0.3) is 5.56 Å². The van der Waals surface area contributed by atoms with Crippen molar-refractivity contribution >= 4 is 23.8 Å². The molecule has 3 heterocycles. The first-order chi connectivity index (χ1) is 17.6. The van der Waals surface area contributed by atoms with E-state index in [2.05, 4.69) is 15.3 Å². The minimum atomic E-state index is -4.55. The normalized spacial score (nSPS) is 14.5. The Bertz CT molecular complexity index is 1300. The van der Waals surface area contributed by atoms with Crippen LogP contribution in [0.2, 0.25) is 0 Å². The molecule has 0 bridgehead atoms. The molecule has 208 valence electrons. The molecule has 1 aromatic carbocycles. The molecule has 0 aliphatic carbocycles. The van der Waals surface area contributed by atoms with Gasteiger partial charge in [-0.25, -0.2) is 4.52 Å². The number of fused-ring (bicyclic) bond motifs is 1. The van der Waals surface area contributed by atoms with Crippen molar-refractivity contribution in [1.82, 2.24) is 24.4 Å². The summed E-state index contributed by atoms with van der Waals surface area (Å²) in [6, 6.07) is 5.98. The van der Waals surface area contributed by atoms with Crippen LogP contribution in [0.5, 0.6) is 5.88 Å². The van der Waals surface area contributed by atoms with Crippen LogP contribution in [0.15, 0.2) is 41.3 Å². The van der Waals surface area contributed by atoms with Gasteiger partial charge in [0.15, 0.2) is 0 Å². The molecule has 0 atom stereocenters. The van der Waals surface area contributed by atoms with Crippen LogP contribution in [0, 0.1) is 0 Å². The van der Waals surface area contributed by atoms with Crippen LogP contribution in [0.3, 0.4) is 0 Å². The summed E-state index contributed by atoms with van der Waals surface area (Å²) in [7, 11) is 0. The minimum absolute atomic E-state index is 0. The summed E-state index contributed by atoms with van der Waals surface area (Å²) in [5, 5.41) is 7.05. The Morgan fingerprint density at radius 1 is 1.16 bits per heavy atom. The molecule has 1 saturated heterocycles. The second-order valence-electron chi connectivity index (χ2n) is 9.62. The molecular formula is C26H33ClF3N5O3. The molecule has 12 heteroatoms. The highest BCUT2D eigenvalue weighted by atomic mass is 35.5. The SMILES string of the molecule is CC(C)NC(=O)Cn1c(-c2cccc(C(F)(F)F)c2)cn2nc(OCCCN3CCCCC3)cc2c1=O.Cl. The van der Waals surface area contributed by atoms with Crippen molar-refractivity contribution in [1.29, 1.82) is 0 Å². The average Bonchev–Trinajstić information content (AvgIpc) is 3.26. The number of piperidine rings is 1. The van der Waals surface area contributed by atoms with Crippen molar-refractivity contribution in [2.75, 3.05) is 26.2 Å². The fourth-order valence-corrected chi connectivity index (χ4v) is 4.54. The molecular weight excluding hydrogens is 523 g/mol. The maximum atomic E-state index is 13.4. The fraction of sp³-hybridized carbons (Fsp3) is 0.500.